The van der Waals surface area contributed by atoms with Crippen LogP contribution in [0.3, 0.4) is 0 Å². The molecular formula is C24H22Br2N2O5. The second kappa shape index (κ2) is 12.3. The Labute approximate surface area is 208 Å². The van der Waals surface area contributed by atoms with E-state index in [0.717, 1.165) is 15.8 Å². The van der Waals surface area contributed by atoms with Crippen LogP contribution in [0.5, 0.6) is 17.2 Å². The van der Waals surface area contributed by atoms with E-state index in [4.69, 9.17) is 14.2 Å². The third kappa shape index (κ3) is 7.50. The minimum atomic E-state index is -0.510. The molecule has 0 aliphatic heterocycles. The second-order valence-electron chi connectivity index (χ2n) is 6.83. The Kier molecular flexibility index (Phi) is 9.14. The summed E-state index contributed by atoms with van der Waals surface area (Å²) in [6, 6.07) is 19.8. The lowest BCUT2D eigenvalue weighted by Crippen LogP contribution is -2.44. The lowest BCUT2D eigenvalue weighted by Gasteiger charge is -2.14. The van der Waals surface area contributed by atoms with Crippen molar-refractivity contribution in [2.24, 2.45) is 0 Å². The number of nitrogens with one attached hydrogen (secondary N) is 2. The summed E-state index contributed by atoms with van der Waals surface area (Å²) in [5, 5.41) is 0. The molecule has 0 aliphatic rings. The van der Waals surface area contributed by atoms with E-state index >= 15 is 0 Å². The van der Waals surface area contributed by atoms with E-state index in [-0.39, 0.29) is 18.8 Å². The molecule has 0 spiro atoms. The fraction of sp³-hybridized carbons (Fsp3) is 0.167. The molecule has 3 rings (SSSR count). The van der Waals surface area contributed by atoms with E-state index in [1.54, 1.807) is 24.3 Å². The molecule has 9 heteroatoms. The van der Waals surface area contributed by atoms with Crippen molar-refractivity contribution in [3.63, 3.8) is 0 Å². The van der Waals surface area contributed by atoms with Gasteiger partial charge in [-0.15, -0.1) is 0 Å². The molecule has 0 saturated heterocycles. The summed E-state index contributed by atoms with van der Waals surface area (Å²) < 4.78 is 18.5. The number of para-hydroxylation sites is 2. The minimum Gasteiger partial charge on any atom is -0.490 e. The molecule has 33 heavy (non-hydrogen) atoms. The van der Waals surface area contributed by atoms with Gasteiger partial charge in [0, 0.05) is 4.47 Å². The van der Waals surface area contributed by atoms with Crippen LogP contribution in [0.1, 0.15) is 15.9 Å². The number of carbonyl (C=O) groups is 2. The molecule has 0 heterocycles. The molecule has 0 unspecified atom stereocenters. The third-order valence-corrected chi connectivity index (χ3v) is 5.39. The molecule has 172 valence electrons. The van der Waals surface area contributed by atoms with Gasteiger partial charge in [-0.3, -0.25) is 20.4 Å². The second-order valence-corrected chi connectivity index (χ2v) is 8.60. The first-order chi connectivity index (χ1) is 15.9. The number of hydrogen-bond donors (Lipinski definition) is 2. The van der Waals surface area contributed by atoms with Crippen LogP contribution >= 0.6 is 31.9 Å². The lowest BCUT2D eigenvalue weighted by molar-refractivity contribution is -0.123. The summed E-state index contributed by atoms with van der Waals surface area (Å²) in [5.74, 6) is 0.654. The molecule has 2 amide bonds. The van der Waals surface area contributed by atoms with Crippen molar-refractivity contribution in [3.05, 3.63) is 86.8 Å². The fourth-order valence-corrected chi connectivity index (χ4v) is 4.40. The van der Waals surface area contributed by atoms with Gasteiger partial charge in [-0.1, -0.05) is 46.3 Å². The van der Waals surface area contributed by atoms with Crippen molar-refractivity contribution >= 4 is 43.7 Å². The number of benzene rings is 3. The van der Waals surface area contributed by atoms with Gasteiger partial charge in [0.15, 0.2) is 6.61 Å². The lowest BCUT2D eigenvalue weighted by atomic mass is 10.2. The van der Waals surface area contributed by atoms with Crippen LogP contribution < -0.4 is 25.1 Å². The normalized spacial score (nSPS) is 10.3. The zero-order chi connectivity index (χ0) is 23.6. The summed E-state index contributed by atoms with van der Waals surface area (Å²) in [5.41, 5.74) is 5.87. The number of aryl methyl sites for hydroxylation is 1. The standard InChI is InChI=1S/C24H22Br2N2O5/c1-16-13-17(25)14-20(26)23(16)33-15-22(29)27-28-24(30)19-9-5-6-10-21(19)32-12-11-31-18-7-3-2-4-8-18/h2-10,13-14H,11-12,15H2,1H3,(H,27,29)(H,28,30). The van der Waals surface area contributed by atoms with Crippen LogP contribution in [0, 0.1) is 6.92 Å². The van der Waals surface area contributed by atoms with Crippen LogP contribution in [-0.4, -0.2) is 31.6 Å². The predicted octanol–water partition coefficient (Wildman–Crippen LogP) is 4.82. The van der Waals surface area contributed by atoms with E-state index < -0.39 is 11.8 Å². The number of hydrogen-bond acceptors (Lipinski definition) is 5. The van der Waals surface area contributed by atoms with Gasteiger partial charge in [0.1, 0.15) is 30.5 Å². The Hall–Kier alpha value is -3.04. The monoisotopic (exact) mass is 576 g/mol. The van der Waals surface area contributed by atoms with Gasteiger partial charge in [-0.05, 0) is 64.8 Å². The van der Waals surface area contributed by atoms with Gasteiger partial charge in [0.25, 0.3) is 11.8 Å². The molecule has 0 aliphatic carbocycles. The maximum Gasteiger partial charge on any atom is 0.276 e. The zero-order valence-corrected chi connectivity index (χ0v) is 20.9. The first kappa shape index (κ1) is 24.6. The molecule has 0 radical (unpaired) electrons. The van der Waals surface area contributed by atoms with Gasteiger partial charge < -0.3 is 14.2 Å². The number of hydrazine groups is 1. The molecular weight excluding hydrogens is 556 g/mol. The third-order valence-electron chi connectivity index (χ3n) is 4.34. The van der Waals surface area contributed by atoms with Crippen LogP contribution in [0.15, 0.2) is 75.7 Å². The number of rotatable bonds is 9. The smallest absolute Gasteiger partial charge is 0.276 e. The Morgan fingerprint density at radius 1 is 0.848 bits per heavy atom. The summed E-state index contributed by atoms with van der Waals surface area (Å²) in [4.78, 5) is 24.7. The average Bonchev–Trinajstić information content (AvgIpc) is 2.80. The highest BCUT2D eigenvalue weighted by atomic mass is 79.9. The summed E-state index contributed by atoms with van der Waals surface area (Å²) in [7, 11) is 0. The fourth-order valence-electron chi connectivity index (χ4n) is 2.85. The maximum absolute atomic E-state index is 12.6. The summed E-state index contributed by atoms with van der Waals surface area (Å²) in [6.07, 6.45) is 0. The van der Waals surface area contributed by atoms with Crippen LogP contribution in [-0.2, 0) is 4.79 Å². The van der Waals surface area contributed by atoms with Crippen molar-refractivity contribution in [2.75, 3.05) is 19.8 Å². The highest BCUT2D eigenvalue weighted by molar-refractivity contribution is 9.11. The number of amides is 2. The summed E-state index contributed by atoms with van der Waals surface area (Å²) >= 11 is 6.81. The molecule has 0 fully saturated rings. The Bertz CT molecular complexity index is 1090. The van der Waals surface area contributed by atoms with Crippen molar-refractivity contribution in [1.29, 1.82) is 0 Å². The van der Waals surface area contributed by atoms with E-state index in [9.17, 15) is 9.59 Å². The Morgan fingerprint density at radius 3 is 2.30 bits per heavy atom. The van der Waals surface area contributed by atoms with Gasteiger partial charge >= 0.3 is 0 Å². The van der Waals surface area contributed by atoms with E-state index in [1.165, 1.54) is 0 Å². The summed E-state index contributed by atoms with van der Waals surface area (Å²) in [6.45, 7) is 2.17. The van der Waals surface area contributed by atoms with Crippen LogP contribution in [0.2, 0.25) is 0 Å². The predicted molar refractivity (Wildman–Crippen MR) is 132 cm³/mol. The van der Waals surface area contributed by atoms with E-state index in [1.807, 2.05) is 49.4 Å². The van der Waals surface area contributed by atoms with Gasteiger partial charge in [-0.25, -0.2) is 0 Å². The highest BCUT2D eigenvalue weighted by Gasteiger charge is 2.14. The number of halogens is 2. The molecule has 0 bridgehead atoms. The SMILES string of the molecule is Cc1cc(Br)cc(Br)c1OCC(=O)NNC(=O)c1ccccc1OCCOc1ccccc1. The molecule has 0 saturated carbocycles. The van der Waals surface area contributed by atoms with E-state index in [0.29, 0.717) is 22.6 Å². The average molecular weight is 578 g/mol. The Morgan fingerprint density at radius 2 is 1.55 bits per heavy atom. The topological polar surface area (TPSA) is 85.9 Å². The van der Waals surface area contributed by atoms with Crippen molar-refractivity contribution in [2.45, 2.75) is 6.92 Å². The van der Waals surface area contributed by atoms with Gasteiger partial charge in [0.2, 0.25) is 0 Å². The van der Waals surface area contributed by atoms with Crippen LogP contribution in [0.4, 0.5) is 0 Å². The highest BCUT2D eigenvalue weighted by Crippen LogP contribution is 2.32. The zero-order valence-electron chi connectivity index (χ0n) is 17.8. The van der Waals surface area contributed by atoms with Gasteiger partial charge in [-0.2, -0.15) is 0 Å². The number of ether oxygens (including phenoxy) is 3. The molecule has 0 atom stereocenters. The molecule has 0 aromatic heterocycles. The van der Waals surface area contributed by atoms with Crippen molar-refractivity contribution in [3.8, 4) is 17.2 Å². The Balaban J connectivity index is 1.47. The molecule has 3 aromatic rings. The van der Waals surface area contributed by atoms with Crippen molar-refractivity contribution in [1.82, 2.24) is 10.9 Å². The van der Waals surface area contributed by atoms with E-state index in [2.05, 4.69) is 42.7 Å². The quantitative estimate of drug-likeness (QED) is 0.281. The first-order valence-electron chi connectivity index (χ1n) is 10.0. The molecule has 7 nitrogen and oxygen atoms in total. The minimum absolute atomic E-state index is 0.251. The van der Waals surface area contributed by atoms with Crippen LogP contribution in [0.25, 0.3) is 0 Å². The maximum atomic E-state index is 12.6. The first-order valence-corrected chi connectivity index (χ1v) is 11.6. The molecule has 2 N–H and O–H groups in total. The number of carbonyl (C=O) groups excluding carboxylic acids is 2. The van der Waals surface area contributed by atoms with Gasteiger partial charge in [0.05, 0.1) is 10.0 Å². The molecule has 3 aromatic carbocycles. The largest absolute Gasteiger partial charge is 0.490 e. The van der Waals surface area contributed by atoms with Crippen molar-refractivity contribution < 1.29 is 23.8 Å².